The standard InChI is InChI=1S/C13H21N3O2S/c17-19(18)8-6-12(10-19)14-9-11-5-7-16(15-11)13-3-1-2-4-13/h5,7,12-14H,1-4,6,8-10H2. The molecule has 0 aromatic carbocycles. The molecule has 3 rings (SSSR count). The van der Waals surface area contributed by atoms with Gasteiger partial charge in [0.15, 0.2) is 9.84 Å². The van der Waals surface area contributed by atoms with Crippen molar-refractivity contribution < 1.29 is 8.42 Å². The van der Waals surface area contributed by atoms with Crippen molar-refractivity contribution >= 4 is 9.84 Å². The molecule has 106 valence electrons. The number of nitrogens with one attached hydrogen (secondary N) is 1. The molecule has 1 unspecified atom stereocenters. The topological polar surface area (TPSA) is 64.0 Å². The summed E-state index contributed by atoms with van der Waals surface area (Å²) in [7, 11) is -2.80. The first-order chi connectivity index (χ1) is 9.12. The summed E-state index contributed by atoms with van der Waals surface area (Å²) >= 11 is 0. The summed E-state index contributed by atoms with van der Waals surface area (Å²) in [6.07, 6.45) is 7.85. The van der Waals surface area contributed by atoms with Gasteiger partial charge in [0.25, 0.3) is 0 Å². The van der Waals surface area contributed by atoms with Crippen molar-refractivity contribution in [3.63, 3.8) is 0 Å². The van der Waals surface area contributed by atoms with Crippen molar-refractivity contribution in [2.45, 2.75) is 50.7 Å². The van der Waals surface area contributed by atoms with Gasteiger partial charge in [-0.05, 0) is 25.3 Å². The highest BCUT2D eigenvalue weighted by Gasteiger charge is 2.27. The Labute approximate surface area is 114 Å². The molecule has 1 N–H and O–H groups in total. The molecule has 2 fully saturated rings. The fraction of sp³-hybridized carbons (Fsp3) is 0.769. The Balaban J connectivity index is 1.53. The molecule has 0 amide bonds. The zero-order valence-corrected chi connectivity index (χ0v) is 11.9. The highest BCUT2D eigenvalue weighted by atomic mass is 32.2. The van der Waals surface area contributed by atoms with Crippen molar-refractivity contribution in [1.82, 2.24) is 15.1 Å². The van der Waals surface area contributed by atoms with E-state index in [1.54, 1.807) is 0 Å². The minimum absolute atomic E-state index is 0.0987. The van der Waals surface area contributed by atoms with E-state index in [1.165, 1.54) is 25.7 Å². The normalized spacial score (nSPS) is 27.1. The quantitative estimate of drug-likeness (QED) is 0.904. The largest absolute Gasteiger partial charge is 0.307 e. The van der Waals surface area contributed by atoms with Gasteiger partial charge in [-0.3, -0.25) is 4.68 Å². The number of rotatable bonds is 4. The van der Waals surface area contributed by atoms with E-state index in [4.69, 9.17) is 0 Å². The van der Waals surface area contributed by atoms with Crippen LogP contribution in [0.4, 0.5) is 0 Å². The van der Waals surface area contributed by atoms with Crippen LogP contribution in [-0.4, -0.2) is 35.7 Å². The lowest BCUT2D eigenvalue weighted by Gasteiger charge is -2.10. The molecule has 6 heteroatoms. The molecule has 1 aromatic heterocycles. The van der Waals surface area contributed by atoms with E-state index < -0.39 is 9.84 Å². The van der Waals surface area contributed by atoms with E-state index in [0.29, 0.717) is 18.3 Å². The van der Waals surface area contributed by atoms with Gasteiger partial charge in [-0.2, -0.15) is 5.10 Å². The van der Waals surface area contributed by atoms with Crippen LogP contribution in [0.2, 0.25) is 0 Å². The number of nitrogens with zero attached hydrogens (tertiary/aromatic N) is 2. The van der Waals surface area contributed by atoms with Crippen molar-refractivity contribution in [2.75, 3.05) is 11.5 Å². The van der Waals surface area contributed by atoms with E-state index in [-0.39, 0.29) is 11.8 Å². The van der Waals surface area contributed by atoms with E-state index >= 15 is 0 Å². The van der Waals surface area contributed by atoms with Crippen molar-refractivity contribution in [3.05, 3.63) is 18.0 Å². The Bertz CT molecular complexity index is 532. The van der Waals surface area contributed by atoms with E-state index in [1.807, 2.05) is 6.07 Å². The molecule has 19 heavy (non-hydrogen) atoms. The minimum Gasteiger partial charge on any atom is -0.307 e. The summed E-state index contributed by atoms with van der Waals surface area (Å²) in [5.41, 5.74) is 1.01. The second kappa shape index (κ2) is 5.25. The Morgan fingerprint density at radius 2 is 2.11 bits per heavy atom. The van der Waals surface area contributed by atoms with Gasteiger partial charge >= 0.3 is 0 Å². The molecule has 1 aliphatic heterocycles. The van der Waals surface area contributed by atoms with Gasteiger partial charge in [0.2, 0.25) is 0 Å². The second-order valence-electron chi connectivity index (χ2n) is 5.71. The number of hydrogen-bond acceptors (Lipinski definition) is 4. The molecule has 1 aromatic rings. The number of aromatic nitrogens is 2. The molecule has 1 atom stereocenters. The van der Waals surface area contributed by atoms with Crippen LogP contribution < -0.4 is 5.32 Å². The molecule has 2 aliphatic rings. The van der Waals surface area contributed by atoms with Crippen LogP contribution in [0.25, 0.3) is 0 Å². The lowest BCUT2D eigenvalue weighted by Crippen LogP contribution is -2.29. The molecule has 0 spiro atoms. The van der Waals surface area contributed by atoms with E-state index in [0.717, 1.165) is 12.1 Å². The van der Waals surface area contributed by atoms with Gasteiger partial charge in [-0.25, -0.2) is 8.42 Å². The average molecular weight is 283 g/mol. The lowest BCUT2D eigenvalue weighted by molar-refractivity contribution is 0.458. The number of sulfone groups is 1. The molecular formula is C13H21N3O2S. The van der Waals surface area contributed by atoms with Gasteiger partial charge in [0.05, 0.1) is 23.2 Å². The van der Waals surface area contributed by atoms with Crippen LogP contribution in [0.15, 0.2) is 12.3 Å². The summed E-state index contributed by atoms with van der Waals surface area (Å²) in [6.45, 7) is 0.667. The summed E-state index contributed by atoms with van der Waals surface area (Å²) < 4.78 is 24.8. The molecule has 5 nitrogen and oxygen atoms in total. The molecule has 0 radical (unpaired) electrons. The van der Waals surface area contributed by atoms with E-state index in [9.17, 15) is 8.42 Å². The maximum atomic E-state index is 11.4. The zero-order valence-electron chi connectivity index (χ0n) is 11.1. The Kier molecular flexibility index (Phi) is 3.62. The third-order valence-electron chi connectivity index (χ3n) is 4.17. The minimum atomic E-state index is -2.80. The van der Waals surface area contributed by atoms with Gasteiger partial charge in [-0.1, -0.05) is 12.8 Å². The fourth-order valence-corrected chi connectivity index (χ4v) is 4.76. The highest BCUT2D eigenvalue weighted by molar-refractivity contribution is 7.91. The smallest absolute Gasteiger partial charge is 0.151 e. The summed E-state index contributed by atoms with van der Waals surface area (Å²) in [5.74, 6) is 0.595. The fourth-order valence-electron chi connectivity index (χ4n) is 3.05. The predicted octanol–water partition coefficient (Wildman–Crippen LogP) is 1.27. The summed E-state index contributed by atoms with van der Waals surface area (Å²) in [6, 6.07) is 2.71. The monoisotopic (exact) mass is 283 g/mol. The third kappa shape index (κ3) is 3.17. The molecule has 1 saturated carbocycles. The molecule has 1 saturated heterocycles. The van der Waals surface area contributed by atoms with Crippen molar-refractivity contribution in [2.24, 2.45) is 0 Å². The van der Waals surface area contributed by atoms with Crippen LogP contribution in [0, 0.1) is 0 Å². The van der Waals surface area contributed by atoms with Gasteiger partial charge < -0.3 is 5.32 Å². The molecule has 1 aliphatic carbocycles. The van der Waals surface area contributed by atoms with E-state index in [2.05, 4.69) is 21.3 Å². The molecule has 0 bridgehead atoms. The zero-order chi connectivity index (χ0) is 13.3. The van der Waals surface area contributed by atoms with Gasteiger partial charge in [-0.15, -0.1) is 0 Å². The molecular weight excluding hydrogens is 262 g/mol. The van der Waals surface area contributed by atoms with Crippen LogP contribution in [0.3, 0.4) is 0 Å². The second-order valence-corrected chi connectivity index (χ2v) is 7.93. The Morgan fingerprint density at radius 1 is 1.32 bits per heavy atom. The summed E-state index contributed by atoms with van der Waals surface area (Å²) in [5, 5.41) is 7.90. The molecule has 2 heterocycles. The number of hydrogen-bond donors (Lipinski definition) is 1. The highest BCUT2D eigenvalue weighted by Crippen LogP contribution is 2.28. The first-order valence-corrected chi connectivity index (χ1v) is 8.92. The van der Waals surface area contributed by atoms with Gasteiger partial charge in [0, 0.05) is 18.8 Å². The first-order valence-electron chi connectivity index (χ1n) is 7.10. The van der Waals surface area contributed by atoms with Crippen LogP contribution in [0.1, 0.15) is 43.8 Å². The van der Waals surface area contributed by atoms with Crippen molar-refractivity contribution in [1.29, 1.82) is 0 Å². The maximum Gasteiger partial charge on any atom is 0.151 e. The first kappa shape index (κ1) is 13.1. The Morgan fingerprint density at radius 3 is 2.79 bits per heavy atom. The third-order valence-corrected chi connectivity index (χ3v) is 5.93. The van der Waals surface area contributed by atoms with Crippen molar-refractivity contribution in [3.8, 4) is 0 Å². The van der Waals surface area contributed by atoms with Gasteiger partial charge in [0.1, 0.15) is 0 Å². The lowest BCUT2D eigenvalue weighted by atomic mass is 10.2. The average Bonchev–Trinajstić information content (AvgIpc) is 3.04. The van der Waals surface area contributed by atoms with Crippen LogP contribution in [-0.2, 0) is 16.4 Å². The summed E-state index contributed by atoms with van der Waals surface area (Å²) in [4.78, 5) is 0. The van der Waals surface area contributed by atoms with Crippen LogP contribution in [0.5, 0.6) is 0 Å². The Hall–Kier alpha value is -0.880. The SMILES string of the molecule is O=S1(=O)CCC(NCc2ccn(C3CCCC3)n2)C1. The maximum absolute atomic E-state index is 11.4. The predicted molar refractivity (Wildman–Crippen MR) is 73.6 cm³/mol. The van der Waals surface area contributed by atoms with Crippen LogP contribution >= 0.6 is 0 Å².